The quantitative estimate of drug-likeness (QED) is 0.826. The largest absolute Gasteiger partial charge is 0.315 e. The van der Waals surface area contributed by atoms with Crippen molar-refractivity contribution < 1.29 is 8.42 Å². The standard InChI is InChI=1S/C16H27N3O2S/c1-4-11-19(15-9-10-17-12-15)13-14-5-7-16(8-6-14)22(20,21)18(2)3/h5-8,15,17H,4,9-13H2,1-3H3. The third-order valence-corrected chi connectivity index (χ3v) is 5.98. The molecule has 1 fully saturated rings. The first-order valence-corrected chi connectivity index (χ1v) is 9.35. The van der Waals surface area contributed by atoms with Crippen molar-refractivity contribution in [3.63, 3.8) is 0 Å². The van der Waals surface area contributed by atoms with Crippen molar-refractivity contribution in [3.8, 4) is 0 Å². The summed E-state index contributed by atoms with van der Waals surface area (Å²) < 4.78 is 25.4. The van der Waals surface area contributed by atoms with Gasteiger partial charge >= 0.3 is 0 Å². The van der Waals surface area contributed by atoms with E-state index in [-0.39, 0.29) is 0 Å². The fourth-order valence-corrected chi connectivity index (χ4v) is 3.74. The molecule has 0 radical (unpaired) electrons. The van der Waals surface area contributed by atoms with Gasteiger partial charge in [-0.1, -0.05) is 19.1 Å². The van der Waals surface area contributed by atoms with Gasteiger partial charge in [0.2, 0.25) is 10.0 Å². The number of nitrogens with zero attached hydrogens (tertiary/aromatic N) is 2. The van der Waals surface area contributed by atoms with Crippen molar-refractivity contribution >= 4 is 10.0 Å². The first-order chi connectivity index (χ1) is 10.4. The summed E-state index contributed by atoms with van der Waals surface area (Å²) in [5.74, 6) is 0. The molecule has 1 saturated heterocycles. The minimum absolute atomic E-state index is 0.353. The minimum Gasteiger partial charge on any atom is -0.315 e. The molecule has 1 atom stereocenters. The second-order valence-electron chi connectivity index (χ2n) is 6.05. The van der Waals surface area contributed by atoms with Crippen LogP contribution in [0.25, 0.3) is 0 Å². The van der Waals surface area contributed by atoms with Crippen LogP contribution >= 0.6 is 0 Å². The summed E-state index contributed by atoms with van der Waals surface area (Å²) in [4.78, 5) is 2.85. The molecule has 1 heterocycles. The highest BCUT2D eigenvalue weighted by molar-refractivity contribution is 7.89. The molecule has 2 rings (SSSR count). The molecule has 0 spiro atoms. The zero-order valence-electron chi connectivity index (χ0n) is 13.7. The Morgan fingerprint density at radius 2 is 1.91 bits per heavy atom. The molecule has 1 aliphatic rings. The molecule has 6 heteroatoms. The molecule has 1 aromatic rings. The summed E-state index contributed by atoms with van der Waals surface area (Å²) in [7, 11) is -0.229. The van der Waals surface area contributed by atoms with E-state index >= 15 is 0 Å². The van der Waals surface area contributed by atoms with E-state index in [1.807, 2.05) is 12.1 Å². The van der Waals surface area contributed by atoms with E-state index in [4.69, 9.17) is 0 Å². The van der Waals surface area contributed by atoms with Crippen molar-refractivity contribution in [3.05, 3.63) is 29.8 Å². The molecule has 124 valence electrons. The lowest BCUT2D eigenvalue weighted by molar-refractivity contribution is 0.199. The Hall–Kier alpha value is -0.950. The average Bonchev–Trinajstić information content (AvgIpc) is 3.01. The highest BCUT2D eigenvalue weighted by Gasteiger charge is 2.22. The fourth-order valence-electron chi connectivity index (χ4n) is 2.84. The van der Waals surface area contributed by atoms with E-state index in [1.165, 1.54) is 10.7 Å². The number of benzene rings is 1. The van der Waals surface area contributed by atoms with E-state index in [0.717, 1.165) is 38.2 Å². The lowest BCUT2D eigenvalue weighted by atomic mass is 10.1. The normalized spacial score (nSPS) is 19.2. The number of sulfonamides is 1. The summed E-state index contributed by atoms with van der Waals surface area (Å²) in [6.45, 7) is 6.28. The Kier molecular flexibility index (Phi) is 5.97. The summed E-state index contributed by atoms with van der Waals surface area (Å²) in [5, 5.41) is 3.41. The monoisotopic (exact) mass is 325 g/mol. The molecule has 0 aliphatic carbocycles. The van der Waals surface area contributed by atoms with Crippen LogP contribution in [0.15, 0.2) is 29.2 Å². The van der Waals surface area contributed by atoms with Crippen LogP contribution in [0, 0.1) is 0 Å². The van der Waals surface area contributed by atoms with Crippen LogP contribution in [0.2, 0.25) is 0 Å². The third-order valence-electron chi connectivity index (χ3n) is 4.15. The maximum atomic E-state index is 12.1. The highest BCUT2D eigenvalue weighted by atomic mass is 32.2. The first-order valence-electron chi connectivity index (χ1n) is 7.91. The molecule has 5 nitrogen and oxygen atoms in total. The topological polar surface area (TPSA) is 52.7 Å². The smallest absolute Gasteiger partial charge is 0.242 e. The Labute approximate surface area is 134 Å². The minimum atomic E-state index is -3.34. The van der Waals surface area contributed by atoms with Crippen LogP contribution in [0.5, 0.6) is 0 Å². The Bertz CT molecular complexity index is 564. The molecule has 0 aromatic heterocycles. The van der Waals surface area contributed by atoms with Gasteiger partial charge in [0.1, 0.15) is 0 Å². The number of rotatable bonds is 7. The molecule has 0 amide bonds. The van der Waals surface area contributed by atoms with Crippen LogP contribution in [0.3, 0.4) is 0 Å². The van der Waals surface area contributed by atoms with Gasteiger partial charge in [0.15, 0.2) is 0 Å². The molecule has 0 saturated carbocycles. The van der Waals surface area contributed by atoms with E-state index in [9.17, 15) is 8.42 Å². The van der Waals surface area contributed by atoms with Crippen LogP contribution in [0.1, 0.15) is 25.3 Å². The maximum Gasteiger partial charge on any atom is 0.242 e. The molecule has 22 heavy (non-hydrogen) atoms. The molecular weight excluding hydrogens is 298 g/mol. The zero-order valence-corrected chi connectivity index (χ0v) is 14.6. The van der Waals surface area contributed by atoms with Gasteiger partial charge in [-0.05, 0) is 43.6 Å². The Balaban J connectivity index is 2.09. The van der Waals surface area contributed by atoms with E-state index < -0.39 is 10.0 Å². The van der Waals surface area contributed by atoms with Crippen molar-refractivity contribution in [2.75, 3.05) is 33.7 Å². The molecule has 1 aromatic carbocycles. The van der Waals surface area contributed by atoms with Gasteiger partial charge in [-0.2, -0.15) is 0 Å². The summed E-state index contributed by atoms with van der Waals surface area (Å²) in [5.41, 5.74) is 1.16. The Morgan fingerprint density at radius 1 is 1.23 bits per heavy atom. The average molecular weight is 325 g/mol. The molecule has 1 N–H and O–H groups in total. The van der Waals surface area contributed by atoms with Gasteiger partial charge in [0.05, 0.1) is 4.90 Å². The second kappa shape index (κ2) is 7.55. The van der Waals surface area contributed by atoms with Crippen molar-refractivity contribution in [1.82, 2.24) is 14.5 Å². The molecule has 0 bridgehead atoms. The summed E-state index contributed by atoms with van der Waals surface area (Å²) in [6, 6.07) is 7.87. The van der Waals surface area contributed by atoms with Crippen LogP contribution in [0.4, 0.5) is 0 Å². The predicted molar refractivity (Wildman–Crippen MR) is 89.3 cm³/mol. The van der Waals surface area contributed by atoms with Crippen molar-refractivity contribution in [2.45, 2.75) is 37.2 Å². The first kappa shape index (κ1) is 17.4. The van der Waals surface area contributed by atoms with Gasteiger partial charge in [-0.25, -0.2) is 12.7 Å². The second-order valence-corrected chi connectivity index (χ2v) is 8.20. The molecule has 1 aliphatic heterocycles. The van der Waals surface area contributed by atoms with Gasteiger partial charge in [0, 0.05) is 33.2 Å². The number of nitrogens with one attached hydrogen (secondary N) is 1. The number of hydrogen-bond donors (Lipinski definition) is 1. The van der Waals surface area contributed by atoms with Crippen molar-refractivity contribution in [1.29, 1.82) is 0 Å². The maximum absolute atomic E-state index is 12.1. The summed E-state index contributed by atoms with van der Waals surface area (Å²) >= 11 is 0. The number of hydrogen-bond acceptors (Lipinski definition) is 4. The molecule has 1 unspecified atom stereocenters. The lowest BCUT2D eigenvalue weighted by Crippen LogP contribution is -2.36. The molecular formula is C16H27N3O2S. The van der Waals surface area contributed by atoms with E-state index in [1.54, 1.807) is 26.2 Å². The van der Waals surface area contributed by atoms with E-state index in [0.29, 0.717) is 10.9 Å². The van der Waals surface area contributed by atoms with Crippen molar-refractivity contribution in [2.24, 2.45) is 0 Å². The SMILES string of the molecule is CCCN(Cc1ccc(S(=O)(=O)N(C)C)cc1)C1CCNC1. The van der Waals surface area contributed by atoms with Crippen LogP contribution in [-0.2, 0) is 16.6 Å². The van der Waals surface area contributed by atoms with Crippen LogP contribution < -0.4 is 5.32 Å². The zero-order chi connectivity index (χ0) is 16.2. The van der Waals surface area contributed by atoms with Gasteiger partial charge in [-0.3, -0.25) is 4.90 Å². The van der Waals surface area contributed by atoms with Crippen LogP contribution in [-0.4, -0.2) is 57.4 Å². The van der Waals surface area contributed by atoms with Gasteiger partial charge in [-0.15, -0.1) is 0 Å². The summed E-state index contributed by atoms with van der Waals surface area (Å²) in [6.07, 6.45) is 2.32. The Morgan fingerprint density at radius 3 is 2.41 bits per heavy atom. The van der Waals surface area contributed by atoms with Gasteiger partial charge < -0.3 is 5.32 Å². The lowest BCUT2D eigenvalue weighted by Gasteiger charge is -2.28. The highest BCUT2D eigenvalue weighted by Crippen LogP contribution is 2.17. The predicted octanol–water partition coefficient (Wildman–Crippen LogP) is 1.51. The van der Waals surface area contributed by atoms with E-state index in [2.05, 4.69) is 17.1 Å². The fraction of sp³-hybridized carbons (Fsp3) is 0.625. The van der Waals surface area contributed by atoms with Gasteiger partial charge in [0.25, 0.3) is 0 Å². The third kappa shape index (κ3) is 4.07.